The maximum absolute atomic E-state index is 11.8. The summed E-state index contributed by atoms with van der Waals surface area (Å²) in [6.45, 7) is 3.27. The molecule has 2 rings (SSSR count). The molecule has 1 aromatic carbocycles. The fourth-order valence-corrected chi connectivity index (χ4v) is 2.08. The van der Waals surface area contributed by atoms with Crippen molar-refractivity contribution in [2.75, 3.05) is 10.6 Å². The highest BCUT2D eigenvalue weighted by molar-refractivity contribution is 7.80. The molecule has 2 amide bonds. The van der Waals surface area contributed by atoms with Crippen LogP contribution in [0.5, 0.6) is 0 Å². The molecule has 6 nitrogen and oxygen atoms in total. The van der Waals surface area contributed by atoms with Crippen molar-refractivity contribution in [3.05, 3.63) is 54.0 Å². The van der Waals surface area contributed by atoms with Gasteiger partial charge in [-0.2, -0.15) is 0 Å². The van der Waals surface area contributed by atoms with E-state index in [0.717, 1.165) is 5.76 Å². The number of benzene rings is 1. The highest BCUT2D eigenvalue weighted by Crippen LogP contribution is 2.13. The van der Waals surface area contributed by atoms with Gasteiger partial charge in [-0.05, 0) is 61.6 Å². The quantitative estimate of drug-likeness (QED) is 0.587. The maximum atomic E-state index is 11.8. The molecular weight excluding hydrogens is 326 g/mol. The lowest BCUT2D eigenvalue weighted by atomic mass is 10.3. The lowest BCUT2D eigenvalue weighted by Gasteiger charge is -2.09. The molecule has 7 heteroatoms. The van der Waals surface area contributed by atoms with Crippen molar-refractivity contribution in [2.24, 2.45) is 0 Å². The number of amides is 2. The minimum Gasteiger partial charge on any atom is -0.462 e. The zero-order valence-corrected chi connectivity index (χ0v) is 14.1. The number of carbonyl (C=O) groups is 2. The smallest absolute Gasteiger partial charge is 0.250 e. The summed E-state index contributed by atoms with van der Waals surface area (Å²) in [4.78, 5) is 22.7. The van der Waals surface area contributed by atoms with Crippen molar-refractivity contribution in [3.8, 4) is 0 Å². The zero-order chi connectivity index (χ0) is 17.5. The van der Waals surface area contributed by atoms with Crippen LogP contribution in [-0.2, 0) is 9.59 Å². The number of anilines is 2. The first-order valence-electron chi connectivity index (χ1n) is 7.16. The molecule has 1 heterocycles. The van der Waals surface area contributed by atoms with Crippen LogP contribution in [0.25, 0.3) is 6.08 Å². The first-order valence-corrected chi connectivity index (χ1v) is 7.57. The van der Waals surface area contributed by atoms with E-state index in [0.29, 0.717) is 17.1 Å². The summed E-state index contributed by atoms with van der Waals surface area (Å²) in [5.74, 6) is 0.860. The number of hydrogen-bond donors (Lipinski definition) is 3. The molecule has 0 spiro atoms. The number of thiocarbonyl (C=S) groups is 1. The second-order valence-electron chi connectivity index (χ2n) is 4.98. The Hall–Kier alpha value is -2.93. The minimum absolute atomic E-state index is 0.142. The predicted octanol–water partition coefficient (Wildman–Crippen LogP) is 3.07. The Balaban J connectivity index is 1.84. The van der Waals surface area contributed by atoms with Crippen molar-refractivity contribution in [2.45, 2.75) is 13.8 Å². The Labute approximate surface area is 144 Å². The molecule has 0 aliphatic heterocycles. The van der Waals surface area contributed by atoms with Crippen molar-refractivity contribution >= 4 is 46.6 Å². The van der Waals surface area contributed by atoms with Crippen LogP contribution >= 0.6 is 12.2 Å². The average Bonchev–Trinajstić information content (AvgIpc) is 2.92. The second-order valence-corrected chi connectivity index (χ2v) is 5.39. The van der Waals surface area contributed by atoms with Gasteiger partial charge in [-0.3, -0.25) is 14.9 Å². The van der Waals surface area contributed by atoms with Crippen LogP contribution in [0.2, 0.25) is 0 Å². The van der Waals surface area contributed by atoms with Gasteiger partial charge >= 0.3 is 0 Å². The monoisotopic (exact) mass is 343 g/mol. The molecule has 0 unspecified atom stereocenters. The van der Waals surface area contributed by atoms with Crippen LogP contribution in [0.1, 0.15) is 18.4 Å². The van der Waals surface area contributed by atoms with Gasteiger partial charge in [-0.25, -0.2) is 0 Å². The number of rotatable bonds is 4. The maximum Gasteiger partial charge on any atom is 0.250 e. The molecule has 0 saturated heterocycles. The number of aryl methyl sites for hydroxylation is 1. The lowest BCUT2D eigenvalue weighted by molar-refractivity contribution is -0.115. The molecule has 0 aliphatic carbocycles. The van der Waals surface area contributed by atoms with E-state index in [-0.39, 0.29) is 16.9 Å². The average molecular weight is 343 g/mol. The third-order valence-corrected chi connectivity index (χ3v) is 3.06. The molecule has 2 aromatic rings. The molecule has 3 N–H and O–H groups in total. The number of nitrogens with one attached hydrogen (secondary N) is 3. The second kappa shape index (κ2) is 8.07. The summed E-state index contributed by atoms with van der Waals surface area (Å²) >= 11 is 5.08. The zero-order valence-electron chi connectivity index (χ0n) is 13.3. The van der Waals surface area contributed by atoms with Gasteiger partial charge in [0.05, 0.1) is 0 Å². The van der Waals surface area contributed by atoms with Crippen molar-refractivity contribution in [1.29, 1.82) is 0 Å². The Bertz CT molecular complexity index is 779. The molecule has 0 bridgehead atoms. The summed E-state index contributed by atoms with van der Waals surface area (Å²) in [6, 6.07) is 10.5. The Morgan fingerprint density at radius 1 is 1.04 bits per heavy atom. The number of hydrogen-bond acceptors (Lipinski definition) is 4. The van der Waals surface area contributed by atoms with Gasteiger partial charge < -0.3 is 15.1 Å². The van der Waals surface area contributed by atoms with Gasteiger partial charge in [0.1, 0.15) is 11.5 Å². The molecule has 0 radical (unpaired) electrons. The van der Waals surface area contributed by atoms with Crippen LogP contribution in [-0.4, -0.2) is 16.9 Å². The predicted molar refractivity (Wildman–Crippen MR) is 97.6 cm³/mol. The van der Waals surface area contributed by atoms with Crippen LogP contribution < -0.4 is 16.0 Å². The molecule has 1 aromatic heterocycles. The largest absolute Gasteiger partial charge is 0.462 e. The molecule has 24 heavy (non-hydrogen) atoms. The van der Waals surface area contributed by atoms with E-state index < -0.39 is 0 Å². The van der Waals surface area contributed by atoms with E-state index in [1.54, 1.807) is 36.4 Å². The van der Waals surface area contributed by atoms with E-state index in [4.69, 9.17) is 16.6 Å². The first-order chi connectivity index (χ1) is 11.4. The fourth-order valence-electron chi connectivity index (χ4n) is 1.86. The van der Waals surface area contributed by atoms with Crippen LogP contribution in [0.3, 0.4) is 0 Å². The van der Waals surface area contributed by atoms with Gasteiger partial charge in [-0.1, -0.05) is 0 Å². The molecule has 0 saturated carbocycles. The van der Waals surface area contributed by atoms with E-state index >= 15 is 0 Å². The van der Waals surface area contributed by atoms with E-state index in [1.807, 2.05) is 13.0 Å². The first kappa shape index (κ1) is 17.4. The summed E-state index contributed by atoms with van der Waals surface area (Å²) < 4.78 is 5.33. The Morgan fingerprint density at radius 2 is 1.67 bits per heavy atom. The van der Waals surface area contributed by atoms with Crippen LogP contribution in [0, 0.1) is 6.92 Å². The highest BCUT2D eigenvalue weighted by Gasteiger charge is 2.03. The lowest BCUT2D eigenvalue weighted by Crippen LogP contribution is -2.32. The van der Waals surface area contributed by atoms with Crippen molar-refractivity contribution < 1.29 is 14.0 Å². The standard InChI is InChI=1S/C17H17N3O3S/c1-11-3-8-15(23-11)9-10-16(22)20-17(24)19-14-6-4-13(5-7-14)18-12(2)21/h3-10H,1-2H3,(H,18,21)(H2,19,20,22,24). The third-order valence-electron chi connectivity index (χ3n) is 2.86. The Kier molecular flexibility index (Phi) is 5.86. The van der Waals surface area contributed by atoms with Gasteiger partial charge in [0.15, 0.2) is 5.11 Å². The van der Waals surface area contributed by atoms with Crippen LogP contribution in [0.15, 0.2) is 46.9 Å². The van der Waals surface area contributed by atoms with E-state index in [1.165, 1.54) is 13.0 Å². The van der Waals surface area contributed by atoms with E-state index in [2.05, 4.69) is 16.0 Å². The topological polar surface area (TPSA) is 83.4 Å². The fraction of sp³-hybridized carbons (Fsp3) is 0.118. The molecule has 124 valence electrons. The minimum atomic E-state index is -0.364. The summed E-state index contributed by atoms with van der Waals surface area (Å²) in [5, 5.41) is 8.26. The van der Waals surface area contributed by atoms with Crippen LogP contribution in [0.4, 0.5) is 11.4 Å². The van der Waals surface area contributed by atoms with Crippen molar-refractivity contribution in [1.82, 2.24) is 5.32 Å². The van der Waals surface area contributed by atoms with E-state index in [9.17, 15) is 9.59 Å². The normalized spacial score (nSPS) is 10.4. The van der Waals surface area contributed by atoms with Gasteiger partial charge in [0, 0.05) is 24.4 Å². The summed E-state index contributed by atoms with van der Waals surface area (Å²) in [5.41, 5.74) is 1.37. The number of furan rings is 1. The molecule has 0 atom stereocenters. The third kappa shape index (κ3) is 5.69. The Morgan fingerprint density at radius 3 is 2.21 bits per heavy atom. The van der Waals surface area contributed by atoms with Gasteiger partial charge in [-0.15, -0.1) is 0 Å². The molecule has 0 fully saturated rings. The summed E-state index contributed by atoms with van der Waals surface area (Å²) in [6.07, 6.45) is 2.90. The van der Waals surface area contributed by atoms with Gasteiger partial charge in [0.25, 0.3) is 0 Å². The SMILES string of the molecule is CC(=O)Nc1ccc(NC(=S)NC(=O)C=Cc2ccc(C)o2)cc1. The van der Waals surface area contributed by atoms with Gasteiger partial charge in [0.2, 0.25) is 11.8 Å². The van der Waals surface area contributed by atoms with Crippen molar-refractivity contribution in [3.63, 3.8) is 0 Å². The highest BCUT2D eigenvalue weighted by atomic mass is 32.1. The molecule has 0 aliphatic rings. The number of carbonyl (C=O) groups excluding carboxylic acids is 2. The molecular formula is C17H17N3O3S. The summed E-state index contributed by atoms with van der Waals surface area (Å²) in [7, 11) is 0.